The molecule has 1 aliphatic rings. The van der Waals surface area contributed by atoms with Crippen LogP contribution in [0.1, 0.15) is 56.6 Å². The molecule has 1 aliphatic carbocycles. The van der Waals surface area contributed by atoms with E-state index in [0.29, 0.717) is 0 Å². The number of ether oxygens (including phenoxy) is 1. The molecule has 21 heavy (non-hydrogen) atoms. The molecule has 0 aliphatic heterocycles. The number of benzene rings is 1. The van der Waals surface area contributed by atoms with E-state index in [1.807, 2.05) is 0 Å². The molecule has 1 saturated carbocycles. The number of hydrogen-bond donors (Lipinski definition) is 1. The largest absolute Gasteiger partial charge is 0.376 e. The van der Waals surface area contributed by atoms with Crippen LogP contribution in [0.25, 0.3) is 0 Å². The van der Waals surface area contributed by atoms with E-state index in [1.165, 1.54) is 49.7 Å². The van der Waals surface area contributed by atoms with Crippen molar-refractivity contribution in [3.63, 3.8) is 0 Å². The van der Waals surface area contributed by atoms with Crippen LogP contribution in [0.3, 0.4) is 0 Å². The van der Waals surface area contributed by atoms with E-state index in [4.69, 9.17) is 4.74 Å². The molecule has 1 aromatic carbocycles. The Hall–Kier alpha value is -0.860. The highest BCUT2D eigenvalue weighted by Crippen LogP contribution is 2.24. The zero-order chi connectivity index (χ0) is 14.8. The highest BCUT2D eigenvalue weighted by molar-refractivity contribution is 5.26. The maximum absolute atomic E-state index is 6.01. The molecular weight excluding hydrogens is 258 g/mol. The molecule has 0 radical (unpaired) electrons. The van der Waals surface area contributed by atoms with Crippen molar-refractivity contribution in [2.45, 2.75) is 58.5 Å². The van der Waals surface area contributed by atoms with E-state index in [0.717, 1.165) is 38.6 Å². The lowest BCUT2D eigenvalue weighted by Gasteiger charge is -2.21. The van der Waals surface area contributed by atoms with Crippen LogP contribution in [-0.2, 0) is 17.8 Å². The van der Waals surface area contributed by atoms with Gasteiger partial charge >= 0.3 is 0 Å². The Morgan fingerprint density at radius 1 is 1.05 bits per heavy atom. The molecule has 1 N–H and O–H groups in total. The maximum atomic E-state index is 6.01. The average molecular weight is 289 g/mol. The van der Waals surface area contributed by atoms with E-state index >= 15 is 0 Å². The molecule has 0 spiro atoms. The van der Waals surface area contributed by atoms with Crippen LogP contribution in [0.2, 0.25) is 0 Å². The van der Waals surface area contributed by atoms with Gasteiger partial charge < -0.3 is 10.1 Å². The van der Waals surface area contributed by atoms with Gasteiger partial charge in [0.2, 0.25) is 0 Å². The summed E-state index contributed by atoms with van der Waals surface area (Å²) < 4.78 is 6.01. The van der Waals surface area contributed by atoms with Crippen molar-refractivity contribution in [3.8, 4) is 0 Å². The molecule has 2 heteroatoms. The Morgan fingerprint density at radius 2 is 1.81 bits per heavy atom. The second-order valence-corrected chi connectivity index (χ2v) is 6.29. The van der Waals surface area contributed by atoms with Gasteiger partial charge in [-0.15, -0.1) is 0 Å². The summed E-state index contributed by atoms with van der Waals surface area (Å²) in [6.45, 7) is 6.11. The van der Waals surface area contributed by atoms with Crippen LogP contribution in [0.5, 0.6) is 0 Å². The van der Waals surface area contributed by atoms with E-state index in [2.05, 4.69) is 36.5 Å². The Morgan fingerprint density at radius 3 is 2.57 bits per heavy atom. The topological polar surface area (TPSA) is 21.3 Å². The third-order valence-electron chi connectivity index (χ3n) is 4.45. The monoisotopic (exact) mass is 289 g/mol. The number of rotatable bonds is 9. The molecule has 0 saturated heterocycles. The van der Waals surface area contributed by atoms with Crippen LogP contribution in [0.15, 0.2) is 24.3 Å². The molecule has 2 nitrogen and oxygen atoms in total. The van der Waals surface area contributed by atoms with Gasteiger partial charge in [-0.05, 0) is 55.8 Å². The minimum absolute atomic E-state index is 0.778. The minimum atomic E-state index is 0.778. The van der Waals surface area contributed by atoms with E-state index in [9.17, 15) is 0 Å². The first-order chi connectivity index (χ1) is 10.4. The Kier molecular flexibility index (Phi) is 7.83. The van der Waals surface area contributed by atoms with Gasteiger partial charge in [0, 0.05) is 6.61 Å². The second-order valence-electron chi connectivity index (χ2n) is 6.29. The summed E-state index contributed by atoms with van der Waals surface area (Å²) in [5, 5.41) is 3.48. The summed E-state index contributed by atoms with van der Waals surface area (Å²) >= 11 is 0. The molecule has 0 unspecified atom stereocenters. The first kappa shape index (κ1) is 16.5. The van der Waals surface area contributed by atoms with Gasteiger partial charge in [0.15, 0.2) is 0 Å². The smallest absolute Gasteiger partial charge is 0.0719 e. The van der Waals surface area contributed by atoms with Gasteiger partial charge in [-0.3, -0.25) is 0 Å². The van der Waals surface area contributed by atoms with Crippen molar-refractivity contribution in [1.82, 2.24) is 5.32 Å². The van der Waals surface area contributed by atoms with Crippen molar-refractivity contribution in [1.29, 1.82) is 0 Å². The van der Waals surface area contributed by atoms with Gasteiger partial charge in [-0.2, -0.15) is 0 Å². The fraction of sp³-hybridized carbons (Fsp3) is 0.684. The van der Waals surface area contributed by atoms with Gasteiger partial charge in [-0.1, -0.05) is 50.5 Å². The summed E-state index contributed by atoms with van der Waals surface area (Å²) in [5.74, 6) is 0.803. The number of hydrogen-bond acceptors (Lipinski definition) is 2. The molecular formula is C19H31NO. The fourth-order valence-electron chi connectivity index (χ4n) is 3.16. The first-order valence-corrected chi connectivity index (χ1v) is 8.75. The molecule has 0 atom stereocenters. The SMILES string of the molecule is CCCNCCc1ccccc1COCC1CCCCC1. The van der Waals surface area contributed by atoms with E-state index < -0.39 is 0 Å². The molecule has 0 bridgehead atoms. The van der Waals surface area contributed by atoms with Crippen LogP contribution in [-0.4, -0.2) is 19.7 Å². The quantitative estimate of drug-likeness (QED) is 0.683. The van der Waals surface area contributed by atoms with Crippen LogP contribution < -0.4 is 5.32 Å². The summed E-state index contributed by atoms with van der Waals surface area (Å²) in [5.41, 5.74) is 2.80. The van der Waals surface area contributed by atoms with Crippen molar-refractivity contribution in [2.24, 2.45) is 5.92 Å². The number of nitrogens with one attached hydrogen (secondary N) is 1. The van der Waals surface area contributed by atoms with Gasteiger partial charge in [0.05, 0.1) is 6.61 Å². The average Bonchev–Trinajstić information content (AvgIpc) is 2.54. The van der Waals surface area contributed by atoms with E-state index in [-0.39, 0.29) is 0 Å². The highest BCUT2D eigenvalue weighted by Gasteiger charge is 2.13. The predicted molar refractivity (Wildman–Crippen MR) is 89.5 cm³/mol. The fourth-order valence-corrected chi connectivity index (χ4v) is 3.16. The van der Waals surface area contributed by atoms with Gasteiger partial charge in [0.25, 0.3) is 0 Å². The van der Waals surface area contributed by atoms with Gasteiger partial charge in [-0.25, -0.2) is 0 Å². The lowest BCUT2D eigenvalue weighted by Crippen LogP contribution is -2.18. The maximum Gasteiger partial charge on any atom is 0.0719 e. The Labute approximate surface area is 130 Å². The molecule has 2 rings (SSSR count). The Bertz CT molecular complexity index is 385. The first-order valence-electron chi connectivity index (χ1n) is 8.75. The van der Waals surface area contributed by atoms with Crippen molar-refractivity contribution in [2.75, 3.05) is 19.7 Å². The lowest BCUT2D eigenvalue weighted by atomic mass is 9.90. The molecule has 1 fully saturated rings. The van der Waals surface area contributed by atoms with E-state index in [1.54, 1.807) is 0 Å². The Balaban J connectivity index is 1.73. The van der Waals surface area contributed by atoms with Crippen LogP contribution in [0, 0.1) is 5.92 Å². The summed E-state index contributed by atoms with van der Waals surface area (Å²) in [6.07, 6.45) is 9.24. The minimum Gasteiger partial charge on any atom is -0.376 e. The van der Waals surface area contributed by atoms with Crippen molar-refractivity contribution >= 4 is 0 Å². The molecule has 0 heterocycles. The predicted octanol–water partition coefficient (Wildman–Crippen LogP) is 4.33. The van der Waals surface area contributed by atoms with Crippen molar-refractivity contribution < 1.29 is 4.74 Å². The zero-order valence-corrected chi connectivity index (χ0v) is 13.6. The lowest BCUT2D eigenvalue weighted by molar-refractivity contribution is 0.0735. The van der Waals surface area contributed by atoms with Crippen molar-refractivity contribution in [3.05, 3.63) is 35.4 Å². The molecule has 0 amide bonds. The summed E-state index contributed by atoms with van der Waals surface area (Å²) in [6, 6.07) is 8.73. The van der Waals surface area contributed by atoms with Crippen LogP contribution in [0.4, 0.5) is 0 Å². The summed E-state index contributed by atoms with van der Waals surface area (Å²) in [7, 11) is 0. The zero-order valence-electron chi connectivity index (χ0n) is 13.6. The molecule has 118 valence electrons. The third kappa shape index (κ3) is 6.19. The molecule has 0 aromatic heterocycles. The van der Waals surface area contributed by atoms with Gasteiger partial charge in [0.1, 0.15) is 0 Å². The standard InChI is InChI=1S/C19H31NO/c1-2-13-20-14-12-18-10-6-7-11-19(18)16-21-15-17-8-4-3-5-9-17/h6-7,10-11,17,20H,2-5,8-9,12-16H2,1H3. The summed E-state index contributed by atoms with van der Waals surface area (Å²) in [4.78, 5) is 0. The third-order valence-corrected chi connectivity index (χ3v) is 4.45. The van der Waals surface area contributed by atoms with Crippen LogP contribution >= 0.6 is 0 Å². The normalized spacial score (nSPS) is 16.2. The second kappa shape index (κ2) is 9.97. The molecule has 1 aromatic rings. The highest BCUT2D eigenvalue weighted by atomic mass is 16.5.